The third-order valence-electron chi connectivity index (χ3n) is 1.96. The molecule has 0 aromatic heterocycles. The van der Waals surface area contributed by atoms with Crippen LogP contribution in [0.15, 0.2) is 18.2 Å². The van der Waals surface area contributed by atoms with Crippen LogP contribution >= 0.6 is 0 Å². The van der Waals surface area contributed by atoms with Crippen molar-refractivity contribution in [3.8, 4) is 5.75 Å². The van der Waals surface area contributed by atoms with E-state index in [1.54, 1.807) is 0 Å². The number of aromatic carboxylic acids is 1. The molecule has 7 nitrogen and oxygen atoms in total. The van der Waals surface area contributed by atoms with Crippen LogP contribution in [0.3, 0.4) is 0 Å². The van der Waals surface area contributed by atoms with Gasteiger partial charge in [0.1, 0.15) is 0 Å². The maximum atomic E-state index is 10.7. The Morgan fingerprint density at radius 3 is 2.71 bits per heavy atom. The highest BCUT2D eigenvalue weighted by molar-refractivity contribution is 5.88. The molecule has 0 aliphatic heterocycles. The first-order valence-electron chi connectivity index (χ1n) is 4.81. The van der Waals surface area contributed by atoms with E-state index in [4.69, 9.17) is 14.9 Å². The van der Waals surface area contributed by atoms with Crippen molar-refractivity contribution >= 4 is 11.7 Å². The van der Waals surface area contributed by atoms with Crippen molar-refractivity contribution in [3.63, 3.8) is 0 Å². The van der Waals surface area contributed by atoms with Gasteiger partial charge in [-0.3, -0.25) is 10.1 Å². The molecular weight excluding hydrogens is 230 g/mol. The second-order valence-corrected chi connectivity index (χ2v) is 3.17. The quantitative estimate of drug-likeness (QED) is 0.437. The van der Waals surface area contributed by atoms with Gasteiger partial charge in [0.2, 0.25) is 0 Å². The molecule has 0 amide bonds. The molecule has 0 saturated carbocycles. The van der Waals surface area contributed by atoms with Gasteiger partial charge in [-0.1, -0.05) is 0 Å². The number of carbonyl (C=O) groups is 1. The molecule has 0 aliphatic rings. The molecule has 1 aromatic rings. The van der Waals surface area contributed by atoms with Crippen LogP contribution in [0.4, 0.5) is 5.69 Å². The number of aliphatic hydroxyl groups excluding tert-OH is 1. The van der Waals surface area contributed by atoms with E-state index in [-0.39, 0.29) is 30.2 Å². The van der Waals surface area contributed by atoms with Crippen LogP contribution in [0.5, 0.6) is 5.75 Å². The van der Waals surface area contributed by atoms with Crippen LogP contribution in [0.1, 0.15) is 16.8 Å². The molecule has 0 heterocycles. The lowest BCUT2D eigenvalue weighted by molar-refractivity contribution is -0.385. The predicted octanol–water partition coefficient (Wildman–Crippen LogP) is 1.05. The molecule has 7 heteroatoms. The van der Waals surface area contributed by atoms with E-state index in [9.17, 15) is 14.9 Å². The van der Waals surface area contributed by atoms with Crippen LogP contribution in [0.2, 0.25) is 0 Å². The van der Waals surface area contributed by atoms with Crippen molar-refractivity contribution in [2.75, 3.05) is 13.2 Å². The Hall–Kier alpha value is -2.15. The number of benzene rings is 1. The number of rotatable bonds is 6. The van der Waals surface area contributed by atoms with Crippen molar-refractivity contribution in [1.82, 2.24) is 0 Å². The Labute approximate surface area is 96.4 Å². The Bertz CT molecular complexity index is 431. The minimum Gasteiger partial charge on any atom is -0.487 e. The van der Waals surface area contributed by atoms with E-state index in [1.807, 2.05) is 0 Å². The highest BCUT2D eigenvalue weighted by atomic mass is 16.6. The standard InChI is InChI=1S/C10H11NO6/c12-4-1-5-17-9-6-7(10(13)14)2-3-8(9)11(15)16/h2-3,6,12H,1,4-5H2,(H,13,14). The van der Waals surface area contributed by atoms with Gasteiger partial charge in [-0.2, -0.15) is 0 Å². The topological polar surface area (TPSA) is 110 Å². The summed E-state index contributed by atoms with van der Waals surface area (Å²) >= 11 is 0. The van der Waals surface area contributed by atoms with Gasteiger partial charge < -0.3 is 14.9 Å². The van der Waals surface area contributed by atoms with Crippen LogP contribution in [0, 0.1) is 10.1 Å². The number of carboxylic acids is 1. The summed E-state index contributed by atoms with van der Waals surface area (Å²) in [6.07, 6.45) is 0.314. The molecule has 0 bridgehead atoms. The molecule has 17 heavy (non-hydrogen) atoms. The first kappa shape index (κ1) is 12.9. The number of carboxylic acid groups (broad SMARTS) is 1. The Morgan fingerprint density at radius 1 is 1.47 bits per heavy atom. The van der Waals surface area contributed by atoms with Crippen LogP contribution < -0.4 is 4.74 Å². The molecule has 0 radical (unpaired) electrons. The van der Waals surface area contributed by atoms with E-state index < -0.39 is 10.9 Å². The summed E-state index contributed by atoms with van der Waals surface area (Å²) < 4.78 is 5.06. The summed E-state index contributed by atoms with van der Waals surface area (Å²) in [5.41, 5.74) is -0.387. The van der Waals surface area contributed by atoms with Crippen LogP contribution in [-0.4, -0.2) is 34.3 Å². The number of aliphatic hydroxyl groups is 1. The fourth-order valence-corrected chi connectivity index (χ4v) is 1.16. The first-order valence-corrected chi connectivity index (χ1v) is 4.81. The summed E-state index contributed by atoms with van der Waals surface area (Å²) in [5.74, 6) is -1.30. The van der Waals surface area contributed by atoms with Crippen molar-refractivity contribution in [2.45, 2.75) is 6.42 Å². The summed E-state index contributed by atoms with van der Waals surface area (Å²) in [6.45, 7) is -0.0210. The largest absolute Gasteiger partial charge is 0.487 e. The third kappa shape index (κ3) is 3.42. The van der Waals surface area contributed by atoms with Crippen molar-refractivity contribution < 1.29 is 24.7 Å². The van der Waals surface area contributed by atoms with Gasteiger partial charge in [0.05, 0.1) is 17.1 Å². The number of nitro groups is 1. The SMILES string of the molecule is O=C(O)c1ccc([N+](=O)[O-])c(OCCCO)c1. The Balaban J connectivity index is 2.98. The fourth-order valence-electron chi connectivity index (χ4n) is 1.16. The van der Waals surface area contributed by atoms with Gasteiger partial charge in [-0.05, 0) is 6.07 Å². The number of ether oxygens (including phenoxy) is 1. The zero-order valence-corrected chi connectivity index (χ0v) is 8.83. The van der Waals surface area contributed by atoms with E-state index in [0.29, 0.717) is 6.42 Å². The maximum absolute atomic E-state index is 10.7. The highest BCUT2D eigenvalue weighted by Crippen LogP contribution is 2.28. The minimum atomic E-state index is -1.19. The predicted molar refractivity (Wildman–Crippen MR) is 57.3 cm³/mol. The second kappa shape index (κ2) is 5.80. The molecule has 0 spiro atoms. The van der Waals surface area contributed by atoms with E-state index in [2.05, 4.69) is 0 Å². The molecule has 2 N–H and O–H groups in total. The molecule has 0 unspecified atom stereocenters. The van der Waals surface area contributed by atoms with E-state index >= 15 is 0 Å². The normalized spacial score (nSPS) is 9.94. The lowest BCUT2D eigenvalue weighted by Gasteiger charge is -2.06. The summed E-state index contributed by atoms with van der Waals surface area (Å²) in [5, 5.41) is 28.0. The molecule has 0 fully saturated rings. The van der Waals surface area contributed by atoms with E-state index in [1.165, 1.54) is 0 Å². The highest BCUT2D eigenvalue weighted by Gasteiger charge is 2.17. The summed E-state index contributed by atoms with van der Waals surface area (Å²) in [7, 11) is 0. The van der Waals surface area contributed by atoms with Gasteiger partial charge >= 0.3 is 11.7 Å². The summed E-state index contributed by atoms with van der Waals surface area (Å²) in [4.78, 5) is 20.7. The molecule has 0 saturated heterocycles. The van der Waals surface area contributed by atoms with Crippen molar-refractivity contribution in [3.05, 3.63) is 33.9 Å². The lowest BCUT2D eigenvalue weighted by atomic mass is 10.2. The number of hydrogen-bond acceptors (Lipinski definition) is 5. The van der Waals surface area contributed by atoms with Crippen molar-refractivity contribution in [1.29, 1.82) is 0 Å². The molecular formula is C10H11NO6. The third-order valence-corrected chi connectivity index (χ3v) is 1.96. The average Bonchev–Trinajstić information content (AvgIpc) is 2.28. The van der Waals surface area contributed by atoms with Gasteiger partial charge in [0, 0.05) is 25.2 Å². The molecule has 1 aromatic carbocycles. The number of nitro benzene ring substituents is 1. The first-order chi connectivity index (χ1) is 8.06. The minimum absolute atomic E-state index is 0.0837. The van der Waals surface area contributed by atoms with Gasteiger partial charge in [0.25, 0.3) is 0 Å². The number of nitrogens with zero attached hydrogens (tertiary/aromatic N) is 1. The average molecular weight is 241 g/mol. The van der Waals surface area contributed by atoms with Gasteiger partial charge in [-0.15, -0.1) is 0 Å². The monoisotopic (exact) mass is 241 g/mol. The molecule has 0 atom stereocenters. The smallest absolute Gasteiger partial charge is 0.335 e. The van der Waals surface area contributed by atoms with Crippen LogP contribution in [-0.2, 0) is 0 Å². The zero-order valence-electron chi connectivity index (χ0n) is 8.83. The zero-order chi connectivity index (χ0) is 12.8. The summed E-state index contributed by atoms with van der Waals surface area (Å²) in [6, 6.07) is 3.31. The van der Waals surface area contributed by atoms with Gasteiger partial charge in [-0.25, -0.2) is 4.79 Å². The molecule has 0 aliphatic carbocycles. The Kier molecular flexibility index (Phi) is 4.41. The van der Waals surface area contributed by atoms with Gasteiger partial charge in [0.15, 0.2) is 5.75 Å². The van der Waals surface area contributed by atoms with Crippen LogP contribution in [0.25, 0.3) is 0 Å². The number of hydrogen-bond donors (Lipinski definition) is 2. The lowest BCUT2D eigenvalue weighted by Crippen LogP contribution is -2.04. The van der Waals surface area contributed by atoms with E-state index in [0.717, 1.165) is 18.2 Å². The fraction of sp³-hybridized carbons (Fsp3) is 0.300. The second-order valence-electron chi connectivity index (χ2n) is 3.17. The molecule has 1 rings (SSSR count). The maximum Gasteiger partial charge on any atom is 0.335 e. The molecule has 92 valence electrons. The Morgan fingerprint density at radius 2 is 2.18 bits per heavy atom. The van der Waals surface area contributed by atoms with Crippen molar-refractivity contribution in [2.24, 2.45) is 0 Å².